The Bertz CT molecular complexity index is 2580. The standard InChI is InChI=1S/C47H50FN9O6/c1-46(2)44(47(3,4)45(46)63-36-11-7-28(24-49)38-32(36)6-5-15-50-38)53-40(59)29-22-34(48)39(51-25-29)56-16-13-27(14-17-56)26-54-18-20-55(21-19-54)30-8-9-31-33(23-30)43(62)57(42(31)61)35-10-12-37(58)52-41(35)60/h5-9,11,15,22-23,25,27,35,44-45H,10,12-14,16-21,26H2,1-4H3,(H,53,59)(H,52,58,60)/t35?,44-,45-. The summed E-state index contributed by atoms with van der Waals surface area (Å²) in [5.41, 5.74) is 1.61. The number of piperidine rings is 2. The highest BCUT2D eigenvalue weighted by Crippen LogP contribution is 2.56. The molecule has 0 bridgehead atoms. The Labute approximate surface area is 364 Å². The summed E-state index contributed by atoms with van der Waals surface area (Å²) < 4.78 is 22.3. The zero-order chi connectivity index (χ0) is 44.4. The third-order valence-electron chi connectivity index (χ3n) is 13.9. The van der Waals surface area contributed by atoms with Gasteiger partial charge in [0.15, 0.2) is 11.6 Å². The van der Waals surface area contributed by atoms with Crippen molar-refractivity contribution in [2.45, 2.75) is 71.6 Å². The lowest BCUT2D eigenvalue weighted by Crippen LogP contribution is -2.74. The first kappa shape index (κ1) is 41.9. The summed E-state index contributed by atoms with van der Waals surface area (Å²) in [6.07, 6.45) is 4.75. The van der Waals surface area contributed by atoms with Crippen LogP contribution < -0.4 is 25.2 Å². The summed E-state index contributed by atoms with van der Waals surface area (Å²) in [5, 5.41) is 15.7. The molecule has 4 aromatic rings. The van der Waals surface area contributed by atoms with Gasteiger partial charge in [0.05, 0.1) is 27.8 Å². The van der Waals surface area contributed by atoms with Gasteiger partial charge >= 0.3 is 0 Å². The zero-order valence-electron chi connectivity index (χ0n) is 35.8. The van der Waals surface area contributed by atoms with Crippen LogP contribution >= 0.6 is 0 Å². The van der Waals surface area contributed by atoms with Gasteiger partial charge in [0, 0.05) is 92.6 Å². The van der Waals surface area contributed by atoms with E-state index in [9.17, 15) is 29.2 Å². The van der Waals surface area contributed by atoms with Gasteiger partial charge in [0.2, 0.25) is 11.8 Å². The van der Waals surface area contributed by atoms with Crippen LogP contribution in [0, 0.1) is 33.9 Å². The van der Waals surface area contributed by atoms with Crippen molar-refractivity contribution in [3.8, 4) is 11.8 Å². The Kier molecular flexibility index (Phi) is 10.6. The average Bonchev–Trinajstić information content (AvgIpc) is 3.52. The number of amides is 5. The minimum Gasteiger partial charge on any atom is -0.488 e. The first-order valence-electron chi connectivity index (χ1n) is 21.6. The zero-order valence-corrected chi connectivity index (χ0v) is 35.8. The second kappa shape index (κ2) is 16.0. The van der Waals surface area contributed by atoms with Gasteiger partial charge in [-0.3, -0.25) is 44.1 Å². The number of piperazine rings is 1. The van der Waals surface area contributed by atoms with E-state index in [1.165, 1.54) is 12.3 Å². The minimum atomic E-state index is -0.998. The number of nitrogens with zero attached hydrogens (tertiary/aromatic N) is 7. The quantitative estimate of drug-likeness (QED) is 0.222. The Morgan fingerprint density at radius 2 is 1.63 bits per heavy atom. The van der Waals surface area contributed by atoms with Crippen molar-refractivity contribution in [3.63, 3.8) is 0 Å². The maximum atomic E-state index is 15.7. The molecule has 6 heterocycles. The van der Waals surface area contributed by atoms with Gasteiger partial charge in [0.1, 0.15) is 24.0 Å². The molecule has 326 valence electrons. The number of fused-ring (bicyclic) bond motifs is 2. The third-order valence-corrected chi connectivity index (χ3v) is 13.9. The van der Waals surface area contributed by atoms with Gasteiger partial charge in [-0.1, -0.05) is 27.7 Å². The van der Waals surface area contributed by atoms with Crippen molar-refractivity contribution < 1.29 is 33.1 Å². The molecular weight excluding hydrogens is 806 g/mol. The molecule has 2 aromatic carbocycles. The fourth-order valence-corrected chi connectivity index (χ4v) is 10.8. The molecule has 4 fully saturated rings. The number of imide groups is 2. The fraction of sp³-hybridized carbons (Fsp3) is 0.447. The Balaban J connectivity index is 0.754. The monoisotopic (exact) mass is 855 g/mol. The van der Waals surface area contributed by atoms with Crippen LogP contribution in [0.25, 0.3) is 10.9 Å². The van der Waals surface area contributed by atoms with Gasteiger partial charge < -0.3 is 19.9 Å². The van der Waals surface area contributed by atoms with Crippen molar-refractivity contribution in [1.29, 1.82) is 5.26 Å². The van der Waals surface area contributed by atoms with Crippen LogP contribution in [0.4, 0.5) is 15.9 Å². The van der Waals surface area contributed by atoms with Crippen LogP contribution in [-0.2, 0) is 9.59 Å². The number of ether oxygens (including phenoxy) is 1. The Morgan fingerprint density at radius 1 is 0.905 bits per heavy atom. The normalized spacial score (nSPS) is 23.6. The number of hydrogen-bond acceptors (Lipinski definition) is 12. The predicted molar refractivity (Wildman–Crippen MR) is 231 cm³/mol. The lowest BCUT2D eigenvalue weighted by Gasteiger charge is -2.63. The molecule has 5 aliphatic rings. The van der Waals surface area contributed by atoms with Crippen molar-refractivity contribution >= 4 is 51.9 Å². The molecule has 1 saturated carbocycles. The fourth-order valence-electron chi connectivity index (χ4n) is 10.8. The van der Waals surface area contributed by atoms with Gasteiger partial charge in [-0.2, -0.15) is 5.26 Å². The minimum absolute atomic E-state index is 0.0721. The lowest BCUT2D eigenvalue weighted by molar-refractivity contribution is -0.163. The second-order valence-corrected chi connectivity index (χ2v) is 18.6. The Hall–Kier alpha value is -6.47. The molecule has 9 rings (SSSR count). The summed E-state index contributed by atoms with van der Waals surface area (Å²) in [4.78, 5) is 80.6. The largest absolute Gasteiger partial charge is 0.488 e. The first-order valence-corrected chi connectivity index (χ1v) is 21.6. The highest BCUT2D eigenvalue weighted by atomic mass is 19.1. The van der Waals surface area contributed by atoms with Crippen LogP contribution in [0.2, 0.25) is 0 Å². The molecule has 4 aliphatic heterocycles. The highest BCUT2D eigenvalue weighted by Gasteiger charge is 2.64. The summed E-state index contributed by atoms with van der Waals surface area (Å²) >= 11 is 0. The molecule has 15 nitrogen and oxygen atoms in total. The molecule has 2 aromatic heterocycles. The number of carbonyl (C=O) groups excluding carboxylic acids is 5. The summed E-state index contributed by atoms with van der Waals surface area (Å²) in [6, 6.07) is 14.6. The maximum absolute atomic E-state index is 15.7. The number of benzene rings is 2. The maximum Gasteiger partial charge on any atom is 0.262 e. The molecule has 1 aliphatic carbocycles. The van der Waals surface area contributed by atoms with E-state index in [1.54, 1.807) is 30.5 Å². The smallest absolute Gasteiger partial charge is 0.262 e. The average molecular weight is 856 g/mol. The van der Waals surface area contributed by atoms with E-state index >= 15 is 4.39 Å². The van der Waals surface area contributed by atoms with E-state index in [0.29, 0.717) is 35.8 Å². The van der Waals surface area contributed by atoms with Crippen molar-refractivity contribution in [2.75, 3.05) is 55.6 Å². The summed E-state index contributed by atoms with van der Waals surface area (Å²) in [7, 11) is 0. The van der Waals surface area contributed by atoms with Crippen LogP contribution in [-0.4, -0.2) is 113 Å². The number of hydrogen-bond donors (Lipinski definition) is 2. The number of carbonyl (C=O) groups is 5. The van der Waals surface area contributed by atoms with Gasteiger partial charge in [-0.15, -0.1) is 0 Å². The first-order chi connectivity index (χ1) is 30.1. The van der Waals surface area contributed by atoms with Crippen LogP contribution in [0.3, 0.4) is 0 Å². The third kappa shape index (κ3) is 7.41. The van der Waals surface area contributed by atoms with Crippen LogP contribution in [0.15, 0.2) is 60.9 Å². The van der Waals surface area contributed by atoms with E-state index in [4.69, 9.17) is 4.74 Å². The van der Waals surface area contributed by atoms with E-state index in [-0.39, 0.29) is 47.5 Å². The van der Waals surface area contributed by atoms with Crippen molar-refractivity contribution in [3.05, 3.63) is 89.0 Å². The van der Waals surface area contributed by atoms with Crippen LogP contribution in [0.5, 0.6) is 5.75 Å². The summed E-state index contributed by atoms with van der Waals surface area (Å²) in [6.45, 7) is 13.5. The molecule has 63 heavy (non-hydrogen) atoms. The number of anilines is 2. The molecule has 0 spiro atoms. The van der Waals surface area contributed by atoms with Gasteiger partial charge in [0.25, 0.3) is 17.7 Å². The number of aromatic nitrogens is 2. The van der Waals surface area contributed by atoms with E-state index < -0.39 is 52.2 Å². The summed E-state index contributed by atoms with van der Waals surface area (Å²) in [5.74, 6) is -1.71. The lowest BCUT2D eigenvalue weighted by atomic mass is 9.49. The molecule has 1 unspecified atom stereocenters. The molecule has 0 radical (unpaired) electrons. The second-order valence-electron chi connectivity index (χ2n) is 18.6. The molecule has 2 N–H and O–H groups in total. The number of nitriles is 1. The number of halogens is 1. The highest BCUT2D eigenvalue weighted by molar-refractivity contribution is 6.23. The molecule has 1 atom stereocenters. The van der Waals surface area contributed by atoms with Gasteiger partial charge in [-0.05, 0) is 73.7 Å². The van der Waals surface area contributed by atoms with Crippen molar-refractivity contribution in [1.82, 2.24) is 30.4 Å². The Morgan fingerprint density at radius 3 is 2.33 bits per heavy atom. The number of nitrogens with one attached hydrogen (secondary N) is 2. The van der Waals surface area contributed by atoms with Gasteiger partial charge in [-0.25, -0.2) is 9.37 Å². The number of rotatable bonds is 9. The SMILES string of the molecule is CC1(C)[C@H](NC(=O)c2cnc(N3CCC(CN4CCN(c5ccc6c(c5)C(=O)N(C5CCC(=O)NC5=O)C6=O)CC4)CC3)c(F)c2)C(C)(C)[C@H]1Oc1ccc(C#N)c2ncccc12. The van der Waals surface area contributed by atoms with E-state index in [2.05, 4.69) is 36.5 Å². The molecular formula is C47H50FN9O6. The van der Waals surface area contributed by atoms with Crippen LogP contribution in [0.1, 0.15) is 90.0 Å². The predicted octanol–water partition coefficient (Wildman–Crippen LogP) is 4.69. The van der Waals surface area contributed by atoms with E-state index in [0.717, 1.165) is 61.5 Å². The molecule has 16 heteroatoms. The number of pyridine rings is 2. The molecule has 5 amide bonds. The molecule has 3 saturated heterocycles. The van der Waals surface area contributed by atoms with Crippen molar-refractivity contribution in [2.24, 2.45) is 16.7 Å². The topological polar surface area (TPSA) is 181 Å². The van der Waals surface area contributed by atoms with E-state index in [1.807, 2.05) is 50.8 Å².